The third-order valence-corrected chi connectivity index (χ3v) is 7.24. The highest BCUT2D eigenvalue weighted by Gasteiger charge is 2.58. The third-order valence-electron chi connectivity index (χ3n) is 5.39. The van der Waals surface area contributed by atoms with E-state index in [0.717, 1.165) is 0 Å². The van der Waals surface area contributed by atoms with Crippen LogP contribution in [-0.4, -0.2) is 45.2 Å². The topological polar surface area (TPSA) is 158 Å². The van der Waals surface area contributed by atoms with Crippen LogP contribution in [0.5, 0.6) is 0 Å². The normalized spacial score (nSPS) is 18.1. The van der Waals surface area contributed by atoms with Crippen LogP contribution in [0.3, 0.4) is 0 Å². The summed E-state index contributed by atoms with van der Waals surface area (Å²) in [6, 6.07) is 3.59. The second kappa shape index (κ2) is 8.36. The van der Waals surface area contributed by atoms with E-state index in [1.54, 1.807) is 23.8 Å². The van der Waals surface area contributed by atoms with Gasteiger partial charge >= 0.3 is 0 Å². The van der Waals surface area contributed by atoms with Crippen LogP contribution in [-0.2, 0) is 5.54 Å². The van der Waals surface area contributed by atoms with E-state index in [4.69, 9.17) is 18.5 Å². The Morgan fingerprint density at radius 2 is 1.94 bits per heavy atom. The van der Waals surface area contributed by atoms with Crippen LogP contribution in [0, 0.1) is 0 Å². The van der Waals surface area contributed by atoms with Crippen LogP contribution < -0.4 is 4.90 Å². The van der Waals surface area contributed by atoms with Gasteiger partial charge in [-0.15, -0.1) is 21.5 Å². The standard InChI is InChI=1S/C20H10N10O3S3/c1-5-32-26-14(1)30-16(18-21-4-8-34-18)15(11-2-7-35-27-11)23-17(12-9-33-28-24-12)20(30,13-10-36-29-25-13)19-22-3-6-31-19/h1-10H. The summed E-state index contributed by atoms with van der Waals surface area (Å²) in [5, 5.41) is 22.8. The Balaban J connectivity index is 1.68. The molecule has 36 heavy (non-hydrogen) atoms. The summed E-state index contributed by atoms with van der Waals surface area (Å²) < 4.78 is 25.1. The van der Waals surface area contributed by atoms with Crippen LogP contribution in [0.2, 0.25) is 0 Å². The highest BCUT2D eigenvalue weighted by atomic mass is 32.1. The van der Waals surface area contributed by atoms with Crippen LogP contribution in [0.1, 0.15) is 28.0 Å². The molecule has 0 amide bonds. The van der Waals surface area contributed by atoms with Gasteiger partial charge in [0.15, 0.2) is 17.8 Å². The number of nitrogens with zero attached hydrogens (tertiary/aromatic N) is 10. The van der Waals surface area contributed by atoms with Crippen molar-refractivity contribution in [2.75, 3.05) is 4.90 Å². The molecular weight excluding hydrogens is 524 g/mol. The fourth-order valence-electron chi connectivity index (χ4n) is 4.06. The van der Waals surface area contributed by atoms with E-state index in [-0.39, 0.29) is 5.89 Å². The number of aliphatic imine (C=N–C) groups is 1. The lowest BCUT2D eigenvalue weighted by Gasteiger charge is -2.43. The summed E-state index contributed by atoms with van der Waals surface area (Å²) in [5.74, 6) is 0.661. The van der Waals surface area contributed by atoms with Gasteiger partial charge in [-0.25, -0.2) is 15.0 Å². The molecule has 0 spiro atoms. The molecule has 0 fully saturated rings. The first-order valence-electron chi connectivity index (χ1n) is 10.2. The lowest BCUT2D eigenvalue weighted by Crippen LogP contribution is -2.55. The minimum absolute atomic E-state index is 0.242. The largest absolute Gasteiger partial charge is 0.446 e. The van der Waals surface area contributed by atoms with Crippen molar-refractivity contribution in [3.8, 4) is 0 Å². The van der Waals surface area contributed by atoms with Gasteiger partial charge in [0.2, 0.25) is 11.4 Å². The number of aromatic nitrogens is 8. The van der Waals surface area contributed by atoms with Crippen LogP contribution >= 0.6 is 34.4 Å². The molecule has 1 atom stereocenters. The van der Waals surface area contributed by atoms with Gasteiger partial charge in [0.05, 0.1) is 6.20 Å². The van der Waals surface area contributed by atoms with E-state index in [0.29, 0.717) is 45.0 Å². The molecule has 16 heteroatoms. The Hall–Kier alpha value is -4.41. The summed E-state index contributed by atoms with van der Waals surface area (Å²) in [6.07, 6.45) is 7.59. The van der Waals surface area contributed by atoms with E-state index in [1.165, 1.54) is 53.2 Å². The Morgan fingerprint density at radius 3 is 2.61 bits per heavy atom. The molecule has 0 radical (unpaired) electrons. The molecule has 0 aliphatic carbocycles. The zero-order valence-electron chi connectivity index (χ0n) is 17.7. The van der Waals surface area contributed by atoms with Crippen LogP contribution in [0.25, 0.3) is 11.4 Å². The number of hydrogen-bond acceptors (Lipinski definition) is 16. The maximum atomic E-state index is 5.96. The molecule has 176 valence electrons. The maximum Gasteiger partial charge on any atom is 0.233 e. The fraction of sp³-hybridized carbons (Fsp3) is 0.0500. The fourth-order valence-corrected chi connectivity index (χ4v) is 5.74. The van der Waals surface area contributed by atoms with Crippen molar-refractivity contribution in [1.29, 1.82) is 0 Å². The Labute approximate surface area is 212 Å². The van der Waals surface area contributed by atoms with Crippen LogP contribution in [0.15, 0.2) is 77.9 Å². The quantitative estimate of drug-likeness (QED) is 0.306. The van der Waals surface area contributed by atoms with Gasteiger partial charge in [0.25, 0.3) is 0 Å². The van der Waals surface area contributed by atoms with E-state index in [9.17, 15) is 0 Å². The van der Waals surface area contributed by atoms with E-state index in [2.05, 4.69) is 39.5 Å². The highest BCUT2D eigenvalue weighted by molar-refractivity contribution is 7.10. The Morgan fingerprint density at radius 1 is 0.944 bits per heavy atom. The Bertz CT molecular complexity index is 1590. The first-order valence-corrected chi connectivity index (χ1v) is 12.7. The molecule has 7 heterocycles. The number of rotatable bonds is 6. The molecule has 1 unspecified atom stereocenters. The van der Waals surface area contributed by atoms with Gasteiger partial charge in [-0.05, 0) is 29.1 Å². The van der Waals surface area contributed by atoms with E-state index < -0.39 is 5.54 Å². The molecule has 1 aliphatic rings. The molecular formula is C20H10N10O3S3. The predicted molar refractivity (Wildman–Crippen MR) is 128 cm³/mol. The van der Waals surface area contributed by atoms with E-state index >= 15 is 0 Å². The minimum Gasteiger partial charge on any atom is -0.446 e. The molecule has 6 aromatic heterocycles. The monoisotopic (exact) mass is 534 g/mol. The summed E-state index contributed by atoms with van der Waals surface area (Å²) in [6.45, 7) is 0. The molecule has 0 N–H and O–H groups in total. The molecule has 0 saturated carbocycles. The summed E-state index contributed by atoms with van der Waals surface area (Å²) >= 11 is 3.91. The Kier molecular flexibility index (Phi) is 4.86. The minimum atomic E-state index is -1.44. The van der Waals surface area contributed by atoms with Gasteiger partial charge in [-0.3, -0.25) is 4.90 Å². The van der Waals surface area contributed by atoms with Crippen LogP contribution in [0.4, 0.5) is 5.82 Å². The second-order valence-corrected chi connectivity index (χ2v) is 9.37. The highest BCUT2D eigenvalue weighted by Crippen LogP contribution is 2.50. The van der Waals surface area contributed by atoms with Crippen molar-refractivity contribution in [3.63, 3.8) is 0 Å². The van der Waals surface area contributed by atoms with Gasteiger partial charge < -0.3 is 13.5 Å². The summed E-state index contributed by atoms with van der Waals surface area (Å²) in [5.41, 5.74) is 1.47. The average molecular weight is 535 g/mol. The predicted octanol–water partition coefficient (Wildman–Crippen LogP) is 3.59. The lowest BCUT2D eigenvalue weighted by atomic mass is 9.83. The van der Waals surface area contributed by atoms with Gasteiger partial charge in [0.1, 0.15) is 46.0 Å². The first kappa shape index (κ1) is 20.9. The maximum absolute atomic E-state index is 5.96. The van der Waals surface area contributed by atoms with Crippen molar-refractivity contribution in [2.45, 2.75) is 5.54 Å². The molecule has 1 aliphatic heterocycles. The SMILES string of the molecule is c1coc(C2(c3csnn3)C(c3conn3)=NC(c3ccsn3)=C(c3nccs3)N2c2ccon2)n1. The van der Waals surface area contributed by atoms with Gasteiger partial charge in [-0.1, -0.05) is 9.64 Å². The summed E-state index contributed by atoms with van der Waals surface area (Å²) in [7, 11) is 0. The van der Waals surface area contributed by atoms with Gasteiger partial charge in [-0.2, -0.15) is 4.37 Å². The summed E-state index contributed by atoms with van der Waals surface area (Å²) in [4.78, 5) is 16.1. The zero-order valence-corrected chi connectivity index (χ0v) is 20.1. The number of anilines is 1. The number of oxazole rings is 1. The lowest BCUT2D eigenvalue weighted by molar-refractivity contribution is 0.393. The zero-order chi connectivity index (χ0) is 24.0. The van der Waals surface area contributed by atoms with E-state index in [1.807, 2.05) is 21.7 Å². The molecule has 0 aromatic carbocycles. The van der Waals surface area contributed by atoms with Crippen molar-refractivity contribution >= 4 is 57.3 Å². The average Bonchev–Trinajstić information content (AvgIpc) is 3.79. The smallest absolute Gasteiger partial charge is 0.233 e. The number of thiazole rings is 1. The molecule has 7 rings (SSSR count). The van der Waals surface area contributed by atoms with Crippen molar-refractivity contribution < 1.29 is 13.5 Å². The molecule has 0 bridgehead atoms. The molecule has 6 aromatic rings. The van der Waals surface area contributed by atoms with Crippen molar-refractivity contribution in [3.05, 3.63) is 87.4 Å². The third kappa shape index (κ3) is 3.01. The van der Waals surface area contributed by atoms with Gasteiger partial charge in [0, 0.05) is 33.7 Å². The number of hydrogen-bond donors (Lipinski definition) is 0. The van der Waals surface area contributed by atoms with Crippen molar-refractivity contribution in [1.82, 2.24) is 39.5 Å². The second-order valence-electron chi connectivity index (χ2n) is 7.20. The first-order chi connectivity index (χ1) is 17.9. The molecule has 13 nitrogen and oxygen atoms in total. The van der Waals surface area contributed by atoms with Crippen molar-refractivity contribution in [2.24, 2.45) is 4.99 Å². The molecule has 0 saturated heterocycles.